The zero-order chi connectivity index (χ0) is 17.0. The van der Waals surface area contributed by atoms with Crippen molar-refractivity contribution in [2.45, 2.75) is 6.92 Å². The van der Waals surface area contributed by atoms with Crippen molar-refractivity contribution in [3.63, 3.8) is 0 Å². The first kappa shape index (κ1) is 17.0. The van der Waals surface area contributed by atoms with E-state index in [4.69, 9.17) is 16.3 Å². The lowest BCUT2D eigenvalue weighted by Crippen LogP contribution is -2.05. The molecule has 0 fully saturated rings. The number of benzene rings is 1. The van der Waals surface area contributed by atoms with Gasteiger partial charge in [-0.15, -0.1) is 0 Å². The van der Waals surface area contributed by atoms with E-state index in [1.54, 1.807) is 25.1 Å². The number of halogens is 2. The third kappa shape index (κ3) is 3.68. The van der Waals surface area contributed by atoms with Crippen molar-refractivity contribution in [3.05, 3.63) is 57.9 Å². The maximum absolute atomic E-state index is 14.4. The number of carbonyl (C=O) groups excluding carboxylic acids is 1. The molecule has 0 amide bonds. The minimum absolute atomic E-state index is 0.0499. The van der Waals surface area contributed by atoms with Gasteiger partial charge in [-0.3, -0.25) is 4.98 Å². The van der Waals surface area contributed by atoms with Crippen molar-refractivity contribution in [2.75, 3.05) is 14.2 Å². The summed E-state index contributed by atoms with van der Waals surface area (Å²) in [6, 6.07) is 6.57. The van der Waals surface area contributed by atoms with Gasteiger partial charge in [-0.05, 0) is 30.2 Å². The third-order valence-corrected chi connectivity index (χ3v) is 3.74. The predicted octanol–water partition coefficient (Wildman–Crippen LogP) is 4.31. The molecule has 0 N–H and O–H groups in total. The fourth-order valence-electron chi connectivity index (χ4n) is 1.99. The van der Waals surface area contributed by atoms with Gasteiger partial charge < -0.3 is 9.47 Å². The Balaban J connectivity index is 2.43. The van der Waals surface area contributed by atoms with Crippen LogP contribution in [0, 0.1) is 6.92 Å². The second kappa shape index (κ2) is 7.24. The number of esters is 1. The summed E-state index contributed by atoms with van der Waals surface area (Å²) in [5.74, 6) is -0.978. The van der Waals surface area contributed by atoms with Crippen LogP contribution in [0.1, 0.15) is 27.2 Å². The Morgan fingerprint density at radius 1 is 1.35 bits per heavy atom. The van der Waals surface area contributed by atoms with E-state index >= 15 is 0 Å². The molecular weight excluding hydrogens is 321 g/mol. The van der Waals surface area contributed by atoms with Gasteiger partial charge in [0.25, 0.3) is 0 Å². The van der Waals surface area contributed by atoms with Gasteiger partial charge in [0, 0.05) is 17.3 Å². The van der Waals surface area contributed by atoms with Crippen molar-refractivity contribution in [1.29, 1.82) is 0 Å². The lowest BCUT2D eigenvalue weighted by atomic mass is 10.1. The molecule has 0 saturated carbocycles. The van der Waals surface area contributed by atoms with Gasteiger partial charge in [0.2, 0.25) is 0 Å². The number of hydrogen-bond acceptors (Lipinski definition) is 4. The van der Waals surface area contributed by atoms with Crippen LogP contribution in [0.2, 0.25) is 5.02 Å². The van der Waals surface area contributed by atoms with Crippen LogP contribution in [-0.2, 0) is 4.74 Å². The molecule has 1 heterocycles. The number of pyridine rings is 1. The highest BCUT2D eigenvalue weighted by molar-refractivity contribution is 6.31. The second-order valence-electron chi connectivity index (χ2n) is 4.71. The van der Waals surface area contributed by atoms with E-state index in [0.717, 1.165) is 5.56 Å². The molecular formula is C17H15ClFNO3. The molecule has 0 bridgehead atoms. The van der Waals surface area contributed by atoms with Crippen LogP contribution < -0.4 is 4.74 Å². The monoisotopic (exact) mass is 335 g/mol. The Morgan fingerprint density at radius 2 is 2.09 bits per heavy atom. The molecule has 23 heavy (non-hydrogen) atoms. The third-order valence-electron chi connectivity index (χ3n) is 3.33. The number of methoxy groups -OCH3 is 2. The van der Waals surface area contributed by atoms with Gasteiger partial charge in [0.15, 0.2) is 0 Å². The number of aromatic nitrogens is 1. The molecule has 6 heteroatoms. The molecule has 0 unspecified atom stereocenters. The predicted molar refractivity (Wildman–Crippen MR) is 87.3 cm³/mol. The Kier molecular flexibility index (Phi) is 5.34. The number of rotatable bonds is 4. The second-order valence-corrected chi connectivity index (χ2v) is 5.11. The highest BCUT2D eigenvalue weighted by Crippen LogP contribution is 2.27. The number of hydrogen-bond donors (Lipinski definition) is 0. The van der Waals surface area contributed by atoms with E-state index < -0.39 is 11.8 Å². The van der Waals surface area contributed by atoms with Crippen molar-refractivity contribution < 1.29 is 18.7 Å². The molecule has 0 aliphatic rings. The molecule has 2 aromatic rings. The van der Waals surface area contributed by atoms with Gasteiger partial charge in [-0.25, -0.2) is 9.18 Å². The fourth-order valence-corrected chi connectivity index (χ4v) is 2.17. The van der Waals surface area contributed by atoms with Crippen LogP contribution in [0.15, 0.2) is 30.5 Å². The first-order valence-corrected chi connectivity index (χ1v) is 7.10. The summed E-state index contributed by atoms with van der Waals surface area (Å²) in [6.45, 7) is 1.80. The van der Waals surface area contributed by atoms with E-state index in [-0.39, 0.29) is 17.0 Å². The molecule has 120 valence electrons. The van der Waals surface area contributed by atoms with Gasteiger partial charge in [-0.2, -0.15) is 0 Å². The molecule has 0 radical (unpaired) electrons. The van der Waals surface area contributed by atoms with Crippen LogP contribution >= 0.6 is 11.6 Å². The summed E-state index contributed by atoms with van der Waals surface area (Å²) >= 11 is 6.02. The summed E-state index contributed by atoms with van der Waals surface area (Å²) in [6.07, 6.45) is 2.55. The van der Waals surface area contributed by atoms with E-state index in [9.17, 15) is 9.18 Å². The van der Waals surface area contributed by atoms with Crippen LogP contribution in [0.5, 0.6) is 5.75 Å². The maximum atomic E-state index is 14.4. The minimum Gasteiger partial charge on any atom is -0.496 e. The molecule has 0 spiro atoms. The SMILES string of the molecule is COC(=O)c1cnc(/C(F)=C/c2cccc(Cl)c2C)cc1OC. The summed E-state index contributed by atoms with van der Waals surface area (Å²) in [5, 5.41) is 0.554. The van der Waals surface area contributed by atoms with Gasteiger partial charge in [0.1, 0.15) is 22.8 Å². The molecule has 0 saturated heterocycles. The lowest BCUT2D eigenvalue weighted by Gasteiger charge is -2.08. The van der Waals surface area contributed by atoms with Gasteiger partial charge in [-0.1, -0.05) is 23.7 Å². The van der Waals surface area contributed by atoms with E-state index in [1.165, 1.54) is 32.6 Å². The normalized spacial score (nSPS) is 11.3. The number of nitrogens with zero attached hydrogens (tertiary/aromatic N) is 1. The van der Waals surface area contributed by atoms with Crippen LogP contribution in [0.4, 0.5) is 4.39 Å². The Bertz CT molecular complexity index is 774. The van der Waals surface area contributed by atoms with Crippen molar-refractivity contribution in [1.82, 2.24) is 4.98 Å². The smallest absolute Gasteiger partial charge is 0.343 e. The zero-order valence-electron chi connectivity index (χ0n) is 12.9. The van der Waals surface area contributed by atoms with Crippen molar-refractivity contribution in [3.8, 4) is 5.75 Å². The molecule has 4 nitrogen and oxygen atoms in total. The molecule has 2 rings (SSSR count). The van der Waals surface area contributed by atoms with Crippen LogP contribution in [0.25, 0.3) is 11.9 Å². The Labute approximate surface area is 138 Å². The Hall–Kier alpha value is -2.40. The minimum atomic E-state index is -0.601. The summed E-state index contributed by atoms with van der Waals surface area (Å²) < 4.78 is 24.2. The Morgan fingerprint density at radius 3 is 2.74 bits per heavy atom. The summed E-state index contributed by atoms with van der Waals surface area (Å²) in [5.41, 5.74) is 1.59. The molecule has 0 atom stereocenters. The van der Waals surface area contributed by atoms with E-state index in [2.05, 4.69) is 9.72 Å². The average molecular weight is 336 g/mol. The van der Waals surface area contributed by atoms with Crippen molar-refractivity contribution in [2.24, 2.45) is 0 Å². The fraction of sp³-hybridized carbons (Fsp3) is 0.176. The first-order valence-electron chi connectivity index (χ1n) is 6.73. The topological polar surface area (TPSA) is 48.4 Å². The zero-order valence-corrected chi connectivity index (χ0v) is 13.6. The maximum Gasteiger partial charge on any atom is 0.343 e. The molecule has 0 aliphatic heterocycles. The van der Waals surface area contributed by atoms with Crippen LogP contribution in [0.3, 0.4) is 0 Å². The van der Waals surface area contributed by atoms with Crippen LogP contribution in [-0.4, -0.2) is 25.2 Å². The van der Waals surface area contributed by atoms with Gasteiger partial charge >= 0.3 is 5.97 Å². The summed E-state index contributed by atoms with van der Waals surface area (Å²) in [4.78, 5) is 15.5. The average Bonchev–Trinajstić information content (AvgIpc) is 2.57. The van der Waals surface area contributed by atoms with E-state index in [0.29, 0.717) is 10.6 Å². The lowest BCUT2D eigenvalue weighted by molar-refractivity contribution is 0.0596. The summed E-state index contributed by atoms with van der Waals surface area (Å²) in [7, 11) is 2.63. The number of carbonyl (C=O) groups is 1. The quantitative estimate of drug-likeness (QED) is 0.781. The standard InChI is InChI=1S/C17H15ClFNO3/c1-10-11(5-4-6-13(10)18)7-14(19)15-8-16(22-2)12(9-20-15)17(21)23-3/h4-9H,1-3H3/b14-7-. The van der Waals surface area contributed by atoms with Gasteiger partial charge in [0.05, 0.1) is 14.2 Å². The first-order chi connectivity index (χ1) is 11.0. The number of ether oxygens (including phenoxy) is 2. The molecule has 0 aliphatic carbocycles. The largest absolute Gasteiger partial charge is 0.496 e. The molecule has 1 aromatic heterocycles. The highest BCUT2D eigenvalue weighted by Gasteiger charge is 2.16. The van der Waals surface area contributed by atoms with Crippen molar-refractivity contribution >= 4 is 29.5 Å². The molecule has 1 aromatic carbocycles. The van der Waals surface area contributed by atoms with E-state index in [1.807, 2.05) is 0 Å². The highest BCUT2D eigenvalue weighted by atomic mass is 35.5.